The molecule has 0 unspecified atom stereocenters. The molecule has 2 aromatic carbocycles. The van der Waals surface area contributed by atoms with E-state index in [2.05, 4.69) is 16.4 Å². The minimum absolute atomic E-state index is 0.0880. The van der Waals surface area contributed by atoms with E-state index in [0.29, 0.717) is 12.5 Å². The number of oxazole rings is 1. The minimum Gasteiger partial charge on any atom is -0.493 e. The summed E-state index contributed by atoms with van der Waals surface area (Å²) in [6.07, 6.45) is 0.285. The molecule has 0 radical (unpaired) electrons. The molecule has 140 valence electrons. The second-order valence-corrected chi connectivity index (χ2v) is 6.71. The second kappa shape index (κ2) is 8.08. The highest BCUT2D eigenvalue weighted by molar-refractivity contribution is 5.91. The molecule has 0 aliphatic rings. The van der Waals surface area contributed by atoms with Crippen LogP contribution in [0.2, 0.25) is 0 Å². The molecule has 0 fully saturated rings. The molecule has 1 aromatic heterocycles. The van der Waals surface area contributed by atoms with E-state index in [0.717, 1.165) is 39.6 Å². The van der Waals surface area contributed by atoms with E-state index in [4.69, 9.17) is 9.15 Å². The Hall–Kier alpha value is -3.08. The topological polar surface area (TPSA) is 64.4 Å². The maximum Gasteiger partial charge on any atom is 0.227 e. The molecule has 0 atom stereocenters. The van der Waals surface area contributed by atoms with Gasteiger partial charge in [-0.05, 0) is 75.2 Å². The Balaban J connectivity index is 1.51. The number of amides is 1. The van der Waals surface area contributed by atoms with E-state index in [-0.39, 0.29) is 12.3 Å². The van der Waals surface area contributed by atoms with Crippen LogP contribution >= 0.6 is 0 Å². The average molecular weight is 364 g/mol. The van der Waals surface area contributed by atoms with Crippen molar-refractivity contribution in [3.63, 3.8) is 0 Å². The van der Waals surface area contributed by atoms with Gasteiger partial charge in [0.05, 0.1) is 18.7 Å². The molecule has 0 bridgehead atoms. The molecule has 1 heterocycles. The molecule has 0 saturated heterocycles. The first-order chi connectivity index (χ1) is 12.9. The molecule has 1 N–H and O–H groups in total. The molecule has 27 heavy (non-hydrogen) atoms. The van der Waals surface area contributed by atoms with Gasteiger partial charge in [-0.3, -0.25) is 4.79 Å². The molecule has 1 amide bonds. The Morgan fingerprint density at radius 3 is 2.30 bits per heavy atom. The maximum atomic E-state index is 12.1. The van der Waals surface area contributed by atoms with Crippen molar-refractivity contribution < 1.29 is 13.9 Å². The van der Waals surface area contributed by atoms with Gasteiger partial charge in [0.15, 0.2) is 0 Å². The summed E-state index contributed by atoms with van der Waals surface area (Å²) >= 11 is 0. The number of carbonyl (C=O) groups excluding carboxylic acids is 1. The van der Waals surface area contributed by atoms with Crippen molar-refractivity contribution in [1.82, 2.24) is 4.98 Å². The van der Waals surface area contributed by atoms with Crippen molar-refractivity contribution in [3.8, 4) is 17.2 Å². The fourth-order valence-corrected chi connectivity index (χ4v) is 2.79. The minimum atomic E-state index is -0.0880. The number of hydrogen-bond donors (Lipinski definition) is 1. The zero-order valence-corrected chi connectivity index (χ0v) is 16.1. The number of aryl methyl sites for hydroxylation is 4. The van der Waals surface area contributed by atoms with Crippen LogP contribution < -0.4 is 10.1 Å². The van der Waals surface area contributed by atoms with Crippen molar-refractivity contribution in [2.24, 2.45) is 0 Å². The van der Waals surface area contributed by atoms with Gasteiger partial charge < -0.3 is 14.5 Å². The number of carbonyl (C=O) groups is 1. The quantitative estimate of drug-likeness (QED) is 0.670. The smallest absolute Gasteiger partial charge is 0.227 e. The summed E-state index contributed by atoms with van der Waals surface area (Å²) in [7, 11) is 0. The van der Waals surface area contributed by atoms with Crippen LogP contribution in [0.25, 0.3) is 11.5 Å². The van der Waals surface area contributed by atoms with E-state index >= 15 is 0 Å². The Bertz CT molecular complexity index is 903. The molecule has 5 nitrogen and oxygen atoms in total. The van der Waals surface area contributed by atoms with E-state index in [1.54, 1.807) is 0 Å². The largest absolute Gasteiger partial charge is 0.493 e. The first-order valence-electron chi connectivity index (χ1n) is 8.96. The van der Waals surface area contributed by atoms with Crippen molar-refractivity contribution in [2.45, 2.75) is 34.1 Å². The third-order valence-electron chi connectivity index (χ3n) is 4.24. The zero-order chi connectivity index (χ0) is 19.4. The predicted octanol–water partition coefficient (Wildman–Crippen LogP) is 4.98. The van der Waals surface area contributed by atoms with Crippen molar-refractivity contribution >= 4 is 11.6 Å². The van der Waals surface area contributed by atoms with Crippen molar-refractivity contribution in [2.75, 3.05) is 11.9 Å². The van der Waals surface area contributed by atoms with Gasteiger partial charge in [-0.15, -0.1) is 0 Å². The first-order valence-corrected chi connectivity index (χ1v) is 8.96. The summed E-state index contributed by atoms with van der Waals surface area (Å²) in [5, 5.41) is 2.88. The lowest BCUT2D eigenvalue weighted by Crippen LogP contribution is -2.15. The highest BCUT2D eigenvalue weighted by Gasteiger charge is 2.09. The number of rotatable bonds is 6. The second-order valence-electron chi connectivity index (χ2n) is 6.71. The molecule has 3 rings (SSSR count). The summed E-state index contributed by atoms with van der Waals surface area (Å²) in [5.74, 6) is 2.10. The number of ether oxygens (including phenoxy) is 1. The Labute approximate surface area is 159 Å². The van der Waals surface area contributed by atoms with E-state index in [1.165, 1.54) is 0 Å². The van der Waals surface area contributed by atoms with Crippen LogP contribution in [0.1, 0.15) is 29.0 Å². The van der Waals surface area contributed by atoms with Crippen LogP contribution in [0.15, 0.2) is 46.9 Å². The first kappa shape index (κ1) is 18.7. The molecule has 3 aromatic rings. The molecule has 0 aliphatic carbocycles. The normalized spacial score (nSPS) is 10.7. The summed E-state index contributed by atoms with van der Waals surface area (Å²) in [6.45, 7) is 8.19. The van der Waals surface area contributed by atoms with Crippen molar-refractivity contribution in [3.05, 3.63) is 65.0 Å². The summed E-state index contributed by atoms with van der Waals surface area (Å²) in [6, 6.07) is 13.5. The molecule has 0 aliphatic heterocycles. The van der Waals surface area contributed by atoms with Gasteiger partial charge in [0.1, 0.15) is 11.5 Å². The number of benzene rings is 2. The Morgan fingerprint density at radius 1 is 1.04 bits per heavy atom. The van der Waals surface area contributed by atoms with Crippen LogP contribution in [0.5, 0.6) is 5.75 Å². The summed E-state index contributed by atoms with van der Waals surface area (Å²) < 4.78 is 11.3. The van der Waals surface area contributed by atoms with Crippen LogP contribution in [-0.2, 0) is 4.79 Å². The lowest BCUT2D eigenvalue weighted by molar-refractivity contribution is -0.116. The molecule has 5 heteroatoms. The van der Waals surface area contributed by atoms with Crippen LogP contribution in [0, 0.1) is 27.7 Å². The third kappa shape index (κ3) is 4.97. The Kier molecular flexibility index (Phi) is 5.60. The van der Waals surface area contributed by atoms with Gasteiger partial charge in [-0.25, -0.2) is 4.98 Å². The van der Waals surface area contributed by atoms with Gasteiger partial charge in [-0.1, -0.05) is 6.07 Å². The van der Waals surface area contributed by atoms with Gasteiger partial charge in [-0.2, -0.15) is 0 Å². The molecular formula is C22H24N2O3. The monoisotopic (exact) mass is 364 g/mol. The lowest BCUT2D eigenvalue weighted by atomic mass is 10.1. The van der Waals surface area contributed by atoms with Gasteiger partial charge >= 0.3 is 0 Å². The number of nitrogens with zero attached hydrogens (tertiary/aromatic N) is 1. The average Bonchev–Trinajstić information content (AvgIpc) is 2.94. The molecular weight excluding hydrogens is 340 g/mol. The predicted molar refractivity (Wildman–Crippen MR) is 106 cm³/mol. The SMILES string of the molecule is Cc1cc(C)cc(OCCC(=O)Nc2ccc(-c3nc(C)c(C)o3)cc2)c1. The molecule has 0 spiro atoms. The van der Waals surface area contributed by atoms with E-state index in [9.17, 15) is 4.79 Å². The number of nitrogens with one attached hydrogen (secondary N) is 1. The number of aromatic nitrogens is 1. The summed E-state index contributed by atoms with van der Waals surface area (Å²) in [5.41, 5.74) is 4.78. The summed E-state index contributed by atoms with van der Waals surface area (Å²) in [4.78, 5) is 16.5. The number of anilines is 1. The van der Waals surface area contributed by atoms with Crippen LogP contribution in [0.3, 0.4) is 0 Å². The zero-order valence-electron chi connectivity index (χ0n) is 16.1. The molecule has 0 saturated carbocycles. The van der Waals surface area contributed by atoms with Crippen LogP contribution in [0.4, 0.5) is 5.69 Å². The van der Waals surface area contributed by atoms with Gasteiger partial charge in [0.2, 0.25) is 11.8 Å². The highest BCUT2D eigenvalue weighted by Crippen LogP contribution is 2.23. The highest BCUT2D eigenvalue weighted by atomic mass is 16.5. The number of hydrogen-bond acceptors (Lipinski definition) is 4. The van der Waals surface area contributed by atoms with Gasteiger partial charge in [0, 0.05) is 11.3 Å². The standard InChI is InChI=1S/C22H24N2O3/c1-14-11-15(2)13-20(12-14)26-10-9-21(25)24-19-7-5-18(6-8-19)22-23-16(3)17(4)27-22/h5-8,11-13H,9-10H2,1-4H3,(H,24,25). The van der Waals surface area contributed by atoms with E-state index in [1.807, 2.05) is 64.1 Å². The lowest BCUT2D eigenvalue weighted by Gasteiger charge is -2.09. The third-order valence-corrected chi connectivity index (χ3v) is 4.24. The Morgan fingerprint density at radius 2 is 1.70 bits per heavy atom. The fourth-order valence-electron chi connectivity index (χ4n) is 2.79. The fraction of sp³-hybridized carbons (Fsp3) is 0.273. The van der Waals surface area contributed by atoms with Gasteiger partial charge in [0.25, 0.3) is 0 Å². The van der Waals surface area contributed by atoms with Crippen LogP contribution in [-0.4, -0.2) is 17.5 Å². The van der Waals surface area contributed by atoms with E-state index < -0.39 is 0 Å². The maximum absolute atomic E-state index is 12.1. The van der Waals surface area contributed by atoms with Crippen molar-refractivity contribution in [1.29, 1.82) is 0 Å².